The third kappa shape index (κ3) is 3.21. The highest BCUT2D eigenvalue weighted by atomic mass is 32.2. The Bertz CT molecular complexity index is 1390. The lowest BCUT2D eigenvalue weighted by molar-refractivity contribution is 0.356. The van der Waals surface area contributed by atoms with Crippen molar-refractivity contribution in [1.82, 2.24) is 9.38 Å². The van der Waals surface area contributed by atoms with Crippen LogP contribution < -0.4 is 9.46 Å². The van der Waals surface area contributed by atoms with Crippen LogP contribution in [-0.2, 0) is 16.4 Å². The number of nitrogens with zero attached hydrogens (tertiary/aromatic N) is 2. The number of sulfonamides is 1. The van der Waals surface area contributed by atoms with Gasteiger partial charge in [-0.1, -0.05) is 18.2 Å². The Morgan fingerprint density at radius 1 is 1.07 bits per heavy atom. The predicted octanol–water partition coefficient (Wildman–Crippen LogP) is 4.35. The summed E-state index contributed by atoms with van der Waals surface area (Å²) in [4.78, 5) is 4.96. The largest absolute Gasteiger partial charge is 0.493 e. The zero-order valence-electron chi connectivity index (χ0n) is 16.7. The van der Waals surface area contributed by atoms with Crippen LogP contribution >= 0.6 is 0 Å². The van der Waals surface area contributed by atoms with E-state index in [2.05, 4.69) is 4.72 Å². The third-order valence-corrected chi connectivity index (χ3v) is 6.79. The summed E-state index contributed by atoms with van der Waals surface area (Å²) in [5.74, 6) is 0.759. The molecule has 152 valence electrons. The van der Waals surface area contributed by atoms with Crippen LogP contribution in [0.5, 0.6) is 5.75 Å². The van der Waals surface area contributed by atoms with E-state index in [0.717, 1.165) is 45.8 Å². The fourth-order valence-corrected chi connectivity index (χ4v) is 4.89. The van der Waals surface area contributed by atoms with Gasteiger partial charge in [0.1, 0.15) is 11.4 Å². The van der Waals surface area contributed by atoms with Crippen molar-refractivity contribution in [2.75, 3.05) is 11.3 Å². The molecule has 30 heavy (non-hydrogen) atoms. The first kappa shape index (κ1) is 18.7. The second kappa shape index (κ2) is 6.88. The minimum absolute atomic E-state index is 0.236. The fraction of sp³-hybridized carbons (Fsp3) is 0.174. The maximum absolute atomic E-state index is 13.0. The number of hydrogen-bond donors (Lipinski definition) is 1. The first-order valence-electron chi connectivity index (χ1n) is 9.75. The van der Waals surface area contributed by atoms with Gasteiger partial charge in [-0.05, 0) is 60.9 Å². The SMILES string of the molecule is Cc1ccc(-c2cn3cccc(C)c3n2)cc1NS(=O)(=O)c1ccc2c(c1)CCO2. The molecule has 0 saturated heterocycles. The van der Waals surface area contributed by atoms with Crippen molar-refractivity contribution in [2.45, 2.75) is 25.2 Å². The molecule has 1 N–H and O–H groups in total. The lowest BCUT2D eigenvalue weighted by atomic mass is 10.1. The first-order chi connectivity index (χ1) is 14.4. The van der Waals surface area contributed by atoms with E-state index in [9.17, 15) is 8.42 Å². The molecule has 0 saturated carbocycles. The van der Waals surface area contributed by atoms with E-state index in [1.807, 2.05) is 61.0 Å². The molecular formula is C23H21N3O3S. The molecule has 3 heterocycles. The number of rotatable bonds is 4. The van der Waals surface area contributed by atoms with Gasteiger partial charge in [0.05, 0.1) is 22.9 Å². The Morgan fingerprint density at radius 3 is 2.77 bits per heavy atom. The topological polar surface area (TPSA) is 72.7 Å². The molecule has 0 fully saturated rings. The zero-order valence-corrected chi connectivity index (χ0v) is 17.5. The molecule has 0 atom stereocenters. The number of fused-ring (bicyclic) bond motifs is 2. The number of pyridine rings is 1. The van der Waals surface area contributed by atoms with Gasteiger partial charge in [0.2, 0.25) is 0 Å². The van der Waals surface area contributed by atoms with Crippen molar-refractivity contribution in [2.24, 2.45) is 0 Å². The molecule has 0 bridgehead atoms. The van der Waals surface area contributed by atoms with Crippen molar-refractivity contribution in [3.05, 3.63) is 77.6 Å². The third-order valence-electron chi connectivity index (χ3n) is 5.43. The van der Waals surface area contributed by atoms with Crippen LogP contribution in [0, 0.1) is 13.8 Å². The van der Waals surface area contributed by atoms with E-state index in [1.54, 1.807) is 18.2 Å². The van der Waals surface area contributed by atoms with E-state index in [1.165, 1.54) is 0 Å². The predicted molar refractivity (Wildman–Crippen MR) is 117 cm³/mol. The quantitative estimate of drug-likeness (QED) is 0.534. The lowest BCUT2D eigenvalue weighted by Crippen LogP contribution is -2.14. The molecule has 0 spiro atoms. The molecule has 5 rings (SSSR count). The second-order valence-corrected chi connectivity index (χ2v) is 9.23. The van der Waals surface area contributed by atoms with Gasteiger partial charge in [-0.25, -0.2) is 13.4 Å². The maximum Gasteiger partial charge on any atom is 0.261 e. The Morgan fingerprint density at radius 2 is 1.93 bits per heavy atom. The van der Waals surface area contributed by atoms with Crippen LogP contribution in [-0.4, -0.2) is 24.4 Å². The van der Waals surface area contributed by atoms with E-state index < -0.39 is 10.0 Å². The highest BCUT2D eigenvalue weighted by molar-refractivity contribution is 7.92. The maximum atomic E-state index is 13.0. The highest BCUT2D eigenvalue weighted by Gasteiger charge is 2.20. The molecular weight excluding hydrogens is 398 g/mol. The van der Waals surface area contributed by atoms with E-state index in [4.69, 9.17) is 9.72 Å². The summed E-state index contributed by atoms with van der Waals surface area (Å²) in [6.45, 7) is 4.49. The van der Waals surface area contributed by atoms with Gasteiger partial charge in [0, 0.05) is 24.4 Å². The monoisotopic (exact) mass is 419 g/mol. The smallest absolute Gasteiger partial charge is 0.261 e. The lowest BCUT2D eigenvalue weighted by Gasteiger charge is -2.12. The van der Waals surface area contributed by atoms with Crippen LogP contribution in [0.2, 0.25) is 0 Å². The van der Waals surface area contributed by atoms with E-state index in [0.29, 0.717) is 12.3 Å². The molecule has 1 aliphatic rings. The number of aryl methyl sites for hydroxylation is 2. The van der Waals surface area contributed by atoms with Gasteiger partial charge in [0.15, 0.2) is 0 Å². The summed E-state index contributed by atoms with van der Waals surface area (Å²) in [5.41, 5.74) is 5.91. The number of hydrogen-bond acceptors (Lipinski definition) is 4. The summed E-state index contributed by atoms with van der Waals surface area (Å²) in [6.07, 6.45) is 4.63. The Kier molecular flexibility index (Phi) is 4.29. The van der Waals surface area contributed by atoms with E-state index in [-0.39, 0.29) is 4.90 Å². The minimum Gasteiger partial charge on any atom is -0.493 e. The second-order valence-electron chi connectivity index (χ2n) is 7.55. The summed E-state index contributed by atoms with van der Waals surface area (Å²) < 4.78 is 36.2. The molecule has 6 nitrogen and oxygen atoms in total. The molecule has 7 heteroatoms. The van der Waals surface area contributed by atoms with Gasteiger partial charge < -0.3 is 9.14 Å². The number of anilines is 1. The molecule has 0 radical (unpaired) electrons. The summed E-state index contributed by atoms with van der Waals surface area (Å²) in [5, 5.41) is 0. The average Bonchev–Trinajstić information content (AvgIpc) is 3.36. The van der Waals surface area contributed by atoms with Crippen LogP contribution in [0.3, 0.4) is 0 Å². The summed E-state index contributed by atoms with van der Waals surface area (Å²) >= 11 is 0. The summed E-state index contributed by atoms with van der Waals surface area (Å²) in [6, 6.07) is 14.7. The standard InChI is InChI=1S/C23H21N3O3S/c1-15-5-6-17(21-14-26-10-3-4-16(2)23(26)24-21)13-20(15)25-30(27,28)19-7-8-22-18(12-19)9-11-29-22/h3-8,10,12-14,25H,9,11H2,1-2H3. The van der Waals surface area contributed by atoms with Crippen molar-refractivity contribution < 1.29 is 13.2 Å². The Balaban J connectivity index is 1.51. The van der Waals surface area contributed by atoms with Crippen LogP contribution in [0.15, 0.2) is 65.8 Å². The molecule has 0 amide bonds. The van der Waals surface area contributed by atoms with E-state index >= 15 is 0 Å². The van der Waals surface area contributed by atoms with Gasteiger partial charge in [0.25, 0.3) is 10.0 Å². The molecule has 0 unspecified atom stereocenters. The van der Waals surface area contributed by atoms with Crippen molar-refractivity contribution in [3.63, 3.8) is 0 Å². The van der Waals surface area contributed by atoms with Crippen LogP contribution in [0.1, 0.15) is 16.7 Å². The molecule has 0 aliphatic carbocycles. The van der Waals surface area contributed by atoms with Gasteiger partial charge in [-0.3, -0.25) is 4.72 Å². The normalized spacial score (nSPS) is 13.3. The van der Waals surface area contributed by atoms with Gasteiger partial charge in [-0.15, -0.1) is 0 Å². The van der Waals surface area contributed by atoms with Crippen LogP contribution in [0.25, 0.3) is 16.9 Å². The molecule has 2 aromatic heterocycles. The first-order valence-corrected chi connectivity index (χ1v) is 11.2. The molecule has 4 aromatic rings. The fourth-order valence-electron chi connectivity index (χ4n) is 3.72. The van der Waals surface area contributed by atoms with Gasteiger partial charge >= 0.3 is 0 Å². The minimum atomic E-state index is -3.72. The molecule has 2 aromatic carbocycles. The Hall–Kier alpha value is -3.32. The highest BCUT2D eigenvalue weighted by Crippen LogP contribution is 2.30. The number of aromatic nitrogens is 2. The number of imidazole rings is 1. The Labute approximate surface area is 175 Å². The van der Waals surface area contributed by atoms with Crippen LogP contribution in [0.4, 0.5) is 5.69 Å². The molecule has 1 aliphatic heterocycles. The zero-order chi connectivity index (χ0) is 20.9. The van der Waals surface area contributed by atoms with Gasteiger partial charge in [-0.2, -0.15) is 0 Å². The number of benzene rings is 2. The average molecular weight is 420 g/mol. The number of nitrogens with one attached hydrogen (secondary N) is 1. The summed E-state index contributed by atoms with van der Waals surface area (Å²) in [7, 11) is -3.72. The van der Waals surface area contributed by atoms with Crippen molar-refractivity contribution in [3.8, 4) is 17.0 Å². The number of ether oxygens (including phenoxy) is 1. The van der Waals surface area contributed by atoms with Crippen molar-refractivity contribution >= 4 is 21.4 Å². The van der Waals surface area contributed by atoms with Crippen molar-refractivity contribution in [1.29, 1.82) is 0 Å².